The molecule has 0 spiro atoms. The fourth-order valence-electron chi connectivity index (χ4n) is 2.09. The topological polar surface area (TPSA) is 53.0 Å². The molecule has 0 atom stereocenters. The second-order valence-corrected chi connectivity index (χ2v) is 5.24. The van der Waals surface area contributed by atoms with Gasteiger partial charge in [0.1, 0.15) is 0 Å². The van der Waals surface area contributed by atoms with Gasteiger partial charge in [-0.1, -0.05) is 29.8 Å². The average molecular weight is 286 g/mol. The molecule has 0 saturated carbocycles. The molecular weight excluding hydrogens is 270 g/mol. The molecule has 102 valence electrons. The van der Waals surface area contributed by atoms with Crippen molar-refractivity contribution in [2.24, 2.45) is 0 Å². The summed E-state index contributed by atoms with van der Waals surface area (Å²) < 4.78 is 0. The predicted octanol–water partition coefficient (Wildman–Crippen LogP) is 3.43. The van der Waals surface area contributed by atoms with E-state index >= 15 is 0 Å². The minimum absolute atomic E-state index is 0.581. The molecule has 2 aromatic rings. The molecule has 0 aromatic heterocycles. The SMILES string of the molecule is CN(Cc1cccc(N)c1)Cc1ccc(C#N)cc1Cl. The van der Waals surface area contributed by atoms with E-state index in [1.54, 1.807) is 12.1 Å². The standard InChI is InChI=1S/C16H16ClN3/c1-20(10-13-3-2-4-15(19)7-13)11-14-6-5-12(9-18)8-16(14)17/h2-8H,10-11,19H2,1H3. The first-order valence-corrected chi connectivity index (χ1v) is 6.68. The lowest BCUT2D eigenvalue weighted by molar-refractivity contribution is 0.319. The number of nitrogens with two attached hydrogens (primary N) is 1. The Morgan fingerprint density at radius 2 is 2.00 bits per heavy atom. The summed E-state index contributed by atoms with van der Waals surface area (Å²) in [6, 6.07) is 15.3. The van der Waals surface area contributed by atoms with Crippen LogP contribution < -0.4 is 5.73 Å². The first kappa shape index (κ1) is 14.4. The van der Waals surface area contributed by atoms with Crippen LogP contribution in [0.2, 0.25) is 5.02 Å². The molecule has 0 aliphatic rings. The Kier molecular flexibility index (Phi) is 4.62. The summed E-state index contributed by atoms with van der Waals surface area (Å²) in [6.07, 6.45) is 0. The zero-order chi connectivity index (χ0) is 14.5. The first-order chi connectivity index (χ1) is 9.58. The van der Waals surface area contributed by atoms with Crippen LogP contribution in [-0.2, 0) is 13.1 Å². The number of hydrogen-bond acceptors (Lipinski definition) is 3. The van der Waals surface area contributed by atoms with Crippen LogP contribution in [0.4, 0.5) is 5.69 Å². The number of anilines is 1. The number of nitriles is 1. The molecule has 2 N–H and O–H groups in total. The van der Waals surface area contributed by atoms with E-state index in [-0.39, 0.29) is 0 Å². The Bertz CT molecular complexity index is 646. The third-order valence-electron chi connectivity index (χ3n) is 3.03. The lowest BCUT2D eigenvalue weighted by Crippen LogP contribution is -2.17. The van der Waals surface area contributed by atoms with Gasteiger partial charge in [-0.15, -0.1) is 0 Å². The van der Waals surface area contributed by atoms with Crippen LogP contribution in [0.3, 0.4) is 0 Å². The summed E-state index contributed by atoms with van der Waals surface area (Å²) in [5, 5.41) is 9.45. The molecule has 2 aromatic carbocycles. The van der Waals surface area contributed by atoms with Gasteiger partial charge in [-0.3, -0.25) is 4.90 Å². The Morgan fingerprint density at radius 1 is 1.20 bits per heavy atom. The van der Waals surface area contributed by atoms with Gasteiger partial charge in [0.2, 0.25) is 0 Å². The van der Waals surface area contributed by atoms with Crippen molar-refractivity contribution in [2.45, 2.75) is 13.1 Å². The minimum atomic E-state index is 0.581. The molecule has 0 aliphatic heterocycles. The average Bonchev–Trinajstić information content (AvgIpc) is 2.41. The molecule has 0 amide bonds. The molecule has 4 heteroatoms. The van der Waals surface area contributed by atoms with Gasteiger partial charge >= 0.3 is 0 Å². The van der Waals surface area contributed by atoms with Gasteiger partial charge < -0.3 is 5.73 Å². The second kappa shape index (κ2) is 6.42. The first-order valence-electron chi connectivity index (χ1n) is 6.30. The number of benzene rings is 2. The molecule has 0 fully saturated rings. The van der Waals surface area contributed by atoms with Crippen molar-refractivity contribution in [1.82, 2.24) is 4.90 Å². The van der Waals surface area contributed by atoms with E-state index in [1.807, 2.05) is 37.4 Å². The quantitative estimate of drug-likeness (QED) is 0.876. The molecule has 0 bridgehead atoms. The highest BCUT2D eigenvalue weighted by Gasteiger charge is 2.06. The number of rotatable bonds is 4. The summed E-state index contributed by atoms with van der Waals surface area (Å²) in [4.78, 5) is 2.15. The van der Waals surface area contributed by atoms with Gasteiger partial charge in [0, 0.05) is 23.8 Å². The maximum Gasteiger partial charge on any atom is 0.0992 e. The molecule has 2 rings (SSSR count). The normalized spacial score (nSPS) is 10.5. The summed E-state index contributed by atoms with van der Waals surface area (Å²) in [5.74, 6) is 0. The van der Waals surface area contributed by atoms with E-state index in [0.717, 1.165) is 29.9 Å². The monoisotopic (exact) mass is 285 g/mol. The fraction of sp³-hybridized carbons (Fsp3) is 0.188. The third kappa shape index (κ3) is 3.74. The maximum absolute atomic E-state index is 8.82. The zero-order valence-corrected chi connectivity index (χ0v) is 12.1. The van der Waals surface area contributed by atoms with Crippen molar-refractivity contribution >= 4 is 17.3 Å². The van der Waals surface area contributed by atoms with Crippen molar-refractivity contribution < 1.29 is 0 Å². The van der Waals surface area contributed by atoms with E-state index in [0.29, 0.717) is 10.6 Å². The van der Waals surface area contributed by atoms with Crippen molar-refractivity contribution in [3.05, 3.63) is 64.2 Å². The minimum Gasteiger partial charge on any atom is -0.399 e. The van der Waals surface area contributed by atoms with Crippen molar-refractivity contribution in [3.63, 3.8) is 0 Å². The highest BCUT2D eigenvalue weighted by molar-refractivity contribution is 6.31. The second-order valence-electron chi connectivity index (χ2n) is 4.84. The van der Waals surface area contributed by atoms with Crippen LogP contribution in [0.5, 0.6) is 0 Å². The van der Waals surface area contributed by atoms with Crippen molar-refractivity contribution in [1.29, 1.82) is 5.26 Å². The molecule has 20 heavy (non-hydrogen) atoms. The molecule has 0 unspecified atom stereocenters. The van der Waals surface area contributed by atoms with Crippen LogP contribution in [0.25, 0.3) is 0 Å². The van der Waals surface area contributed by atoms with E-state index in [4.69, 9.17) is 22.6 Å². The maximum atomic E-state index is 8.82. The molecule has 3 nitrogen and oxygen atoms in total. The van der Waals surface area contributed by atoms with Gasteiger partial charge in [0.15, 0.2) is 0 Å². The van der Waals surface area contributed by atoms with Gasteiger partial charge in [0.05, 0.1) is 11.6 Å². The molecule has 0 saturated heterocycles. The van der Waals surface area contributed by atoms with Gasteiger partial charge in [0.25, 0.3) is 0 Å². The highest BCUT2D eigenvalue weighted by Crippen LogP contribution is 2.20. The smallest absolute Gasteiger partial charge is 0.0992 e. The van der Waals surface area contributed by atoms with Crippen LogP contribution >= 0.6 is 11.6 Å². The molecule has 0 heterocycles. The van der Waals surface area contributed by atoms with Crippen LogP contribution in [0.15, 0.2) is 42.5 Å². The van der Waals surface area contributed by atoms with Crippen LogP contribution in [-0.4, -0.2) is 11.9 Å². The Labute approximate surface area is 124 Å². The predicted molar refractivity (Wildman–Crippen MR) is 82.2 cm³/mol. The third-order valence-corrected chi connectivity index (χ3v) is 3.38. The summed E-state index contributed by atoms with van der Waals surface area (Å²) in [6.45, 7) is 1.51. The summed E-state index contributed by atoms with van der Waals surface area (Å²) >= 11 is 6.18. The summed E-state index contributed by atoms with van der Waals surface area (Å²) in [5.41, 5.74) is 9.30. The van der Waals surface area contributed by atoms with E-state index in [2.05, 4.69) is 11.0 Å². The lowest BCUT2D eigenvalue weighted by atomic mass is 10.1. The molecule has 0 aliphatic carbocycles. The van der Waals surface area contributed by atoms with Crippen molar-refractivity contribution in [3.8, 4) is 6.07 Å². The number of halogens is 1. The number of nitrogen functional groups attached to an aromatic ring is 1. The van der Waals surface area contributed by atoms with Crippen LogP contribution in [0.1, 0.15) is 16.7 Å². The zero-order valence-electron chi connectivity index (χ0n) is 11.3. The molecular formula is C16H16ClN3. The Morgan fingerprint density at radius 3 is 2.65 bits per heavy atom. The Hall–Kier alpha value is -2.02. The lowest BCUT2D eigenvalue weighted by Gasteiger charge is -2.18. The van der Waals surface area contributed by atoms with Gasteiger partial charge in [-0.2, -0.15) is 5.26 Å². The molecule has 0 radical (unpaired) electrons. The van der Waals surface area contributed by atoms with Gasteiger partial charge in [-0.05, 0) is 42.4 Å². The highest BCUT2D eigenvalue weighted by atomic mass is 35.5. The summed E-state index contributed by atoms with van der Waals surface area (Å²) in [7, 11) is 2.03. The van der Waals surface area contributed by atoms with E-state index in [1.165, 1.54) is 0 Å². The van der Waals surface area contributed by atoms with Crippen LogP contribution in [0, 0.1) is 11.3 Å². The Balaban J connectivity index is 2.05. The largest absolute Gasteiger partial charge is 0.399 e. The fourth-order valence-corrected chi connectivity index (χ4v) is 2.34. The van der Waals surface area contributed by atoms with E-state index < -0.39 is 0 Å². The van der Waals surface area contributed by atoms with E-state index in [9.17, 15) is 0 Å². The van der Waals surface area contributed by atoms with Crippen molar-refractivity contribution in [2.75, 3.05) is 12.8 Å². The van der Waals surface area contributed by atoms with Gasteiger partial charge in [-0.25, -0.2) is 0 Å². The number of hydrogen-bond donors (Lipinski definition) is 1. The number of nitrogens with zero attached hydrogens (tertiary/aromatic N) is 2.